The molecule has 1 aliphatic rings. The summed E-state index contributed by atoms with van der Waals surface area (Å²) in [6.07, 6.45) is 0.000913. The molecule has 0 unspecified atom stereocenters. The van der Waals surface area contributed by atoms with Crippen molar-refractivity contribution < 1.29 is 18.0 Å². The highest BCUT2D eigenvalue weighted by atomic mass is 127. The molecule has 0 saturated carbocycles. The van der Waals surface area contributed by atoms with Gasteiger partial charge in [0, 0.05) is 34.7 Å². The molecule has 1 fully saturated rings. The fraction of sp³-hybridized carbons (Fsp3) is 0.235. The van der Waals surface area contributed by atoms with Crippen molar-refractivity contribution in [3.05, 3.63) is 68.0 Å². The summed E-state index contributed by atoms with van der Waals surface area (Å²) in [6, 6.07) is 6.38. The van der Waals surface area contributed by atoms with Gasteiger partial charge < -0.3 is 10.6 Å². The number of nitrogens with two attached hydrogens (primary N) is 1. The summed E-state index contributed by atoms with van der Waals surface area (Å²) < 4.78 is 42.0. The molecule has 1 aliphatic heterocycles. The van der Waals surface area contributed by atoms with Gasteiger partial charge in [0.15, 0.2) is 11.6 Å². The van der Waals surface area contributed by atoms with Crippen molar-refractivity contribution in [1.29, 1.82) is 0 Å². The smallest absolute Gasteiger partial charge is 0.254 e. The Morgan fingerprint density at radius 2 is 1.75 bits per heavy atom. The number of nitrogens with zero attached hydrogens (tertiary/aromatic N) is 1. The molecule has 2 aromatic rings. The SMILES string of the molecule is NC1CN(C(=O)c2cc(F)c(F)cc2Cc2ccc(I)cc2F)C1. The summed E-state index contributed by atoms with van der Waals surface area (Å²) in [4.78, 5) is 13.9. The van der Waals surface area contributed by atoms with Crippen molar-refractivity contribution >= 4 is 28.5 Å². The Bertz CT molecular complexity index is 807. The first-order chi connectivity index (χ1) is 11.3. The standard InChI is InChI=1S/C17H14F3IN2O/c18-14-5-11(21)2-1-9(14)3-10-4-15(19)16(20)6-13(10)17(24)23-7-12(22)8-23/h1-2,4-6,12H,3,7-8,22H2. The van der Waals surface area contributed by atoms with Crippen molar-refractivity contribution in [2.75, 3.05) is 13.1 Å². The van der Waals surface area contributed by atoms with E-state index in [1.807, 2.05) is 22.6 Å². The number of carbonyl (C=O) groups is 1. The maximum absolute atomic E-state index is 14.1. The summed E-state index contributed by atoms with van der Waals surface area (Å²) in [6.45, 7) is 0.740. The Labute approximate surface area is 150 Å². The van der Waals surface area contributed by atoms with Crippen LogP contribution in [0.5, 0.6) is 0 Å². The van der Waals surface area contributed by atoms with Crippen LogP contribution in [0, 0.1) is 21.0 Å². The lowest BCUT2D eigenvalue weighted by atomic mass is 9.97. The first-order valence-electron chi connectivity index (χ1n) is 7.32. The monoisotopic (exact) mass is 446 g/mol. The van der Waals surface area contributed by atoms with Crippen LogP contribution in [0.4, 0.5) is 13.2 Å². The molecule has 0 spiro atoms. The van der Waals surface area contributed by atoms with Gasteiger partial charge in [-0.25, -0.2) is 13.2 Å². The van der Waals surface area contributed by atoms with E-state index >= 15 is 0 Å². The molecule has 0 bridgehead atoms. The zero-order valence-corrected chi connectivity index (χ0v) is 14.7. The molecule has 1 heterocycles. The maximum atomic E-state index is 14.1. The van der Waals surface area contributed by atoms with Gasteiger partial charge in [-0.15, -0.1) is 0 Å². The van der Waals surface area contributed by atoms with Gasteiger partial charge in [-0.05, 0) is 58.0 Å². The lowest BCUT2D eigenvalue weighted by Crippen LogP contribution is -2.57. The maximum Gasteiger partial charge on any atom is 0.254 e. The van der Waals surface area contributed by atoms with Crippen LogP contribution < -0.4 is 5.73 Å². The fourth-order valence-corrected chi connectivity index (χ4v) is 3.11. The number of hydrogen-bond acceptors (Lipinski definition) is 2. The van der Waals surface area contributed by atoms with E-state index in [0.29, 0.717) is 18.7 Å². The lowest BCUT2D eigenvalue weighted by Gasteiger charge is -2.37. The van der Waals surface area contributed by atoms with Crippen LogP contribution in [0.2, 0.25) is 0 Å². The van der Waals surface area contributed by atoms with Gasteiger partial charge in [0.05, 0.1) is 0 Å². The topological polar surface area (TPSA) is 46.3 Å². The number of amides is 1. The van der Waals surface area contributed by atoms with Crippen LogP contribution >= 0.6 is 22.6 Å². The number of halogens is 4. The van der Waals surface area contributed by atoms with E-state index in [0.717, 1.165) is 15.7 Å². The number of benzene rings is 2. The lowest BCUT2D eigenvalue weighted by molar-refractivity contribution is 0.0606. The van der Waals surface area contributed by atoms with Crippen LogP contribution in [0.3, 0.4) is 0 Å². The summed E-state index contributed by atoms with van der Waals surface area (Å²) >= 11 is 1.98. The number of hydrogen-bond donors (Lipinski definition) is 1. The van der Waals surface area contributed by atoms with Gasteiger partial charge in [0.25, 0.3) is 5.91 Å². The Balaban J connectivity index is 1.96. The van der Waals surface area contributed by atoms with Gasteiger partial charge in [0.2, 0.25) is 0 Å². The van der Waals surface area contributed by atoms with E-state index in [1.165, 1.54) is 11.0 Å². The molecule has 2 aromatic carbocycles. The second kappa shape index (κ2) is 6.72. The van der Waals surface area contributed by atoms with E-state index in [9.17, 15) is 18.0 Å². The second-order valence-electron chi connectivity index (χ2n) is 5.81. The third-order valence-corrected chi connectivity index (χ3v) is 4.64. The third kappa shape index (κ3) is 3.41. The molecular weight excluding hydrogens is 432 g/mol. The highest BCUT2D eigenvalue weighted by Gasteiger charge is 2.30. The van der Waals surface area contributed by atoms with Gasteiger partial charge >= 0.3 is 0 Å². The molecule has 1 saturated heterocycles. The van der Waals surface area contributed by atoms with Gasteiger partial charge in [0.1, 0.15) is 5.82 Å². The molecule has 24 heavy (non-hydrogen) atoms. The molecular formula is C17H14F3IN2O. The zero-order valence-electron chi connectivity index (χ0n) is 12.5. The fourth-order valence-electron chi connectivity index (χ4n) is 2.65. The summed E-state index contributed by atoms with van der Waals surface area (Å²) in [5.74, 6) is -3.03. The molecule has 3 rings (SSSR count). The molecule has 0 aliphatic carbocycles. The first-order valence-corrected chi connectivity index (χ1v) is 8.39. The van der Waals surface area contributed by atoms with Crippen LogP contribution in [0.15, 0.2) is 30.3 Å². The van der Waals surface area contributed by atoms with Gasteiger partial charge in [-0.3, -0.25) is 4.79 Å². The van der Waals surface area contributed by atoms with Crippen molar-refractivity contribution in [2.45, 2.75) is 12.5 Å². The highest BCUT2D eigenvalue weighted by molar-refractivity contribution is 14.1. The highest BCUT2D eigenvalue weighted by Crippen LogP contribution is 2.24. The van der Waals surface area contributed by atoms with Crippen LogP contribution in [-0.2, 0) is 6.42 Å². The molecule has 3 nitrogen and oxygen atoms in total. The first kappa shape index (κ1) is 17.2. The summed E-state index contributed by atoms with van der Waals surface area (Å²) in [5.41, 5.74) is 6.26. The molecule has 126 valence electrons. The van der Waals surface area contributed by atoms with E-state index < -0.39 is 23.4 Å². The Morgan fingerprint density at radius 3 is 2.38 bits per heavy atom. The van der Waals surface area contributed by atoms with Crippen LogP contribution in [0.1, 0.15) is 21.5 Å². The second-order valence-corrected chi connectivity index (χ2v) is 7.05. The van der Waals surface area contributed by atoms with E-state index in [4.69, 9.17) is 5.73 Å². The average molecular weight is 446 g/mol. The predicted molar refractivity (Wildman–Crippen MR) is 92.2 cm³/mol. The zero-order chi connectivity index (χ0) is 17.4. The van der Waals surface area contributed by atoms with Gasteiger partial charge in [-0.1, -0.05) is 6.07 Å². The quantitative estimate of drug-likeness (QED) is 0.738. The number of likely N-dealkylation sites (tertiary alicyclic amines) is 1. The Kier molecular flexibility index (Phi) is 4.82. The summed E-state index contributed by atoms with van der Waals surface area (Å²) in [7, 11) is 0. The molecule has 0 aromatic heterocycles. The molecule has 2 N–H and O–H groups in total. The Morgan fingerprint density at radius 1 is 1.08 bits per heavy atom. The molecule has 7 heteroatoms. The molecule has 0 atom stereocenters. The molecule has 1 amide bonds. The largest absolute Gasteiger partial charge is 0.335 e. The van der Waals surface area contributed by atoms with Crippen molar-refractivity contribution in [2.24, 2.45) is 5.73 Å². The normalized spacial score (nSPS) is 14.6. The number of rotatable bonds is 3. The van der Waals surface area contributed by atoms with Crippen LogP contribution in [-0.4, -0.2) is 29.9 Å². The van der Waals surface area contributed by atoms with E-state index in [1.54, 1.807) is 12.1 Å². The minimum atomic E-state index is -1.10. The third-order valence-electron chi connectivity index (χ3n) is 3.97. The molecule has 0 radical (unpaired) electrons. The van der Waals surface area contributed by atoms with Crippen molar-refractivity contribution in [3.8, 4) is 0 Å². The minimum absolute atomic E-state index is 0.000913. The van der Waals surface area contributed by atoms with Crippen molar-refractivity contribution in [1.82, 2.24) is 4.90 Å². The summed E-state index contributed by atoms with van der Waals surface area (Å²) in [5, 5.41) is 0. The van der Waals surface area contributed by atoms with Crippen LogP contribution in [0.25, 0.3) is 0 Å². The minimum Gasteiger partial charge on any atom is -0.335 e. The van der Waals surface area contributed by atoms with Gasteiger partial charge in [-0.2, -0.15) is 0 Å². The van der Waals surface area contributed by atoms with E-state index in [2.05, 4.69) is 0 Å². The Hall–Kier alpha value is -1.61. The van der Waals surface area contributed by atoms with Crippen molar-refractivity contribution in [3.63, 3.8) is 0 Å². The van der Waals surface area contributed by atoms with E-state index in [-0.39, 0.29) is 23.6 Å². The number of carbonyl (C=O) groups excluding carboxylic acids is 1. The predicted octanol–water partition coefficient (Wildman–Crippen LogP) is 3.08. The average Bonchev–Trinajstić information content (AvgIpc) is 2.49.